The Morgan fingerprint density at radius 1 is 1.19 bits per heavy atom. The lowest BCUT2D eigenvalue weighted by atomic mass is 10.2. The molecule has 0 spiro atoms. The zero-order chi connectivity index (χ0) is 19.4. The van der Waals surface area contributed by atoms with Crippen molar-refractivity contribution in [3.63, 3.8) is 0 Å². The summed E-state index contributed by atoms with van der Waals surface area (Å²) in [6, 6.07) is 11.2. The van der Waals surface area contributed by atoms with Crippen LogP contribution in [0.2, 0.25) is 0 Å². The second-order valence-electron chi connectivity index (χ2n) is 6.65. The first-order chi connectivity index (χ1) is 12.9. The number of rotatable bonds is 6. The van der Waals surface area contributed by atoms with Crippen molar-refractivity contribution < 1.29 is 9.21 Å². The van der Waals surface area contributed by atoms with Crippen LogP contribution in [0, 0.1) is 13.8 Å². The smallest absolute Gasteiger partial charge is 0.319 e. The molecule has 0 bridgehead atoms. The molecule has 3 aromatic rings. The Morgan fingerprint density at radius 3 is 2.48 bits per heavy atom. The molecule has 27 heavy (non-hydrogen) atoms. The van der Waals surface area contributed by atoms with Crippen LogP contribution in [0.3, 0.4) is 0 Å². The van der Waals surface area contributed by atoms with Gasteiger partial charge in [0.1, 0.15) is 17.3 Å². The number of benzene rings is 1. The van der Waals surface area contributed by atoms with Crippen molar-refractivity contribution in [2.24, 2.45) is 0 Å². The van der Waals surface area contributed by atoms with Gasteiger partial charge in [-0.3, -0.25) is 4.90 Å². The monoisotopic (exact) mass is 367 g/mol. The molecular weight excluding hydrogens is 342 g/mol. The van der Waals surface area contributed by atoms with E-state index in [9.17, 15) is 4.79 Å². The number of hydrogen-bond acceptors (Lipinski definition) is 4. The first-order valence-electron chi connectivity index (χ1n) is 8.82. The molecule has 0 aliphatic carbocycles. The maximum absolute atomic E-state index is 12.3. The van der Waals surface area contributed by atoms with Crippen molar-refractivity contribution in [1.82, 2.24) is 19.8 Å². The average Bonchev–Trinajstić information content (AvgIpc) is 3.24. The zero-order valence-corrected chi connectivity index (χ0v) is 16.1. The van der Waals surface area contributed by atoms with Gasteiger partial charge in [0.05, 0.1) is 6.04 Å². The van der Waals surface area contributed by atoms with Crippen LogP contribution in [-0.4, -0.2) is 41.1 Å². The molecule has 1 atom stereocenters. The van der Waals surface area contributed by atoms with Gasteiger partial charge in [-0.1, -0.05) is 0 Å². The number of anilines is 1. The molecule has 0 saturated carbocycles. The number of nitrogens with one attached hydrogen (secondary N) is 2. The van der Waals surface area contributed by atoms with Crippen LogP contribution < -0.4 is 10.6 Å². The Morgan fingerprint density at radius 2 is 1.93 bits per heavy atom. The van der Waals surface area contributed by atoms with Crippen molar-refractivity contribution in [1.29, 1.82) is 0 Å². The molecule has 0 unspecified atom stereocenters. The number of amides is 2. The number of urea groups is 1. The zero-order valence-electron chi connectivity index (χ0n) is 16.1. The number of hydrogen-bond donors (Lipinski definition) is 2. The van der Waals surface area contributed by atoms with E-state index in [1.807, 2.05) is 80.0 Å². The summed E-state index contributed by atoms with van der Waals surface area (Å²) >= 11 is 0. The van der Waals surface area contributed by atoms with Crippen LogP contribution in [0.5, 0.6) is 0 Å². The highest BCUT2D eigenvalue weighted by atomic mass is 16.3. The molecule has 7 heteroatoms. The Labute approximate surface area is 159 Å². The molecule has 0 aliphatic rings. The average molecular weight is 367 g/mol. The van der Waals surface area contributed by atoms with Crippen molar-refractivity contribution in [3.05, 3.63) is 66.1 Å². The van der Waals surface area contributed by atoms with E-state index >= 15 is 0 Å². The summed E-state index contributed by atoms with van der Waals surface area (Å²) in [6.45, 7) is 4.30. The molecule has 2 aromatic heterocycles. The molecule has 1 aromatic carbocycles. The van der Waals surface area contributed by atoms with E-state index in [0.29, 0.717) is 6.54 Å². The lowest BCUT2D eigenvalue weighted by Crippen LogP contribution is -2.36. The fourth-order valence-electron chi connectivity index (χ4n) is 2.89. The van der Waals surface area contributed by atoms with E-state index in [1.54, 1.807) is 6.20 Å². The van der Waals surface area contributed by atoms with E-state index in [0.717, 1.165) is 28.7 Å². The molecule has 7 nitrogen and oxygen atoms in total. The standard InChI is InChI=1S/C20H25N5O2/c1-14-5-10-19(27-14)18(24(3)4)13-22-20(26)23-16-6-8-17(9-7-16)25-12-11-21-15(25)2/h5-12,18H,13H2,1-4H3,(H2,22,23,26)/t18-/m0/s1. The molecular formula is C20H25N5O2. The fraction of sp³-hybridized carbons (Fsp3) is 0.300. The summed E-state index contributed by atoms with van der Waals surface area (Å²) in [4.78, 5) is 18.5. The van der Waals surface area contributed by atoms with Crippen LogP contribution in [0.1, 0.15) is 23.4 Å². The van der Waals surface area contributed by atoms with Crippen LogP contribution >= 0.6 is 0 Å². The number of nitrogens with zero attached hydrogens (tertiary/aromatic N) is 3. The molecule has 0 saturated heterocycles. The summed E-state index contributed by atoms with van der Waals surface area (Å²) in [5.74, 6) is 2.60. The lowest BCUT2D eigenvalue weighted by molar-refractivity contribution is 0.232. The van der Waals surface area contributed by atoms with E-state index in [-0.39, 0.29) is 12.1 Å². The minimum Gasteiger partial charge on any atom is -0.465 e. The van der Waals surface area contributed by atoms with Crippen LogP contribution in [0.25, 0.3) is 5.69 Å². The van der Waals surface area contributed by atoms with Gasteiger partial charge in [0.25, 0.3) is 0 Å². The van der Waals surface area contributed by atoms with Gasteiger partial charge in [0.15, 0.2) is 0 Å². The summed E-state index contributed by atoms with van der Waals surface area (Å²) in [6.07, 6.45) is 3.67. The molecule has 0 fully saturated rings. The lowest BCUT2D eigenvalue weighted by Gasteiger charge is -2.22. The van der Waals surface area contributed by atoms with Gasteiger partial charge < -0.3 is 19.6 Å². The fourth-order valence-corrected chi connectivity index (χ4v) is 2.89. The SMILES string of the molecule is Cc1ccc([C@H](CNC(=O)Nc2ccc(-n3ccnc3C)cc2)N(C)C)o1. The van der Waals surface area contributed by atoms with Crippen molar-refractivity contribution >= 4 is 11.7 Å². The van der Waals surface area contributed by atoms with E-state index in [2.05, 4.69) is 15.6 Å². The third-order valence-electron chi connectivity index (χ3n) is 4.40. The Balaban J connectivity index is 1.58. The highest BCUT2D eigenvalue weighted by molar-refractivity contribution is 5.89. The molecule has 2 heterocycles. The third-order valence-corrected chi connectivity index (χ3v) is 4.40. The summed E-state index contributed by atoms with van der Waals surface area (Å²) in [5, 5.41) is 5.76. The van der Waals surface area contributed by atoms with Crippen molar-refractivity contribution in [2.75, 3.05) is 26.0 Å². The Kier molecular flexibility index (Phi) is 5.61. The van der Waals surface area contributed by atoms with Gasteiger partial charge in [-0.2, -0.15) is 0 Å². The minimum atomic E-state index is -0.253. The first kappa shape index (κ1) is 18.7. The van der Waals surface area contributed by atoms with Gasteiger partial charge >= 0.3 is 6.03 Å². The van der Waals surface area contributed by atoms with Crippen LogP contribution in [0.4, 0.5) is 10.5 Å². The van der Waals surface area contributed by atoms with Gasteiger partial charge in [-0.05, 0) is 64.3 Å². The highest BCUT2D eigenvalue weighted by Crippen LogP contribution is 2.20. The second-order valence-corrected chi connectivity index (χ2v) is 6.65. The van der Waals surface area contributed by atoms with Gasteiger partial charge in [0, 0.05) is 30.3 Å². The largest absolute Gasteiger partial charge is 0.465 e. The highest BCUT2D eigenvalue weighted by Gasteiger charge is 2.18. The predicted octanol–water partition coefficient (Wildman–Crippen LogP) is 3.51. The Bertz CT molecular complexity index is 895. The molecule has 142 valence electrons. The number of carbonyl (C=O) groups excluding carboxylic acids is 1. The molecule has 0 radical (unpaired) electrons. The molecule has 2 amide bonds. The minimum absolute atomic E-state index is 0.0314. The molecule has 2 N–H and O–H groups in total. The number of aryl methyl sites for hydroxylation is 2. The van der Waals surface area contributed by atoms with Gasteiger partial charge in [-0.15, -0.1) is 0 Å². The molecule has 3 rings (SSSR count). The predicted molar refractivity (Wildman–Crippen MR) is 105 cm³/mol. The summed E-state index contributed by atoms with van der Waals surface area (Å²) in [7, 11) is 3.91. The number of imidazole rings is 1. The van der Waals surface area contributed by atoms with Crippen molar-refractivity contribution in [3.8, 4) is 5.69 Å². The third kappa shape index (κ3) is 4.57. The van der Waals surface area contributed by atoms with E-state index in [1.165, 1.54) is 0 Å². The maximum Gasteiger partial charge on any atom is 0.319 e. The molecule has 0 aliphatic heterocycles. The first-order valence-corrected chi connectivity index (χ1v) is 8.82. The Hall–Kier alpha value is -3.06. The number of aromatic nitrogens is 2. The second kappa shape index (κ2) is 8.09. The summed E-state index contributed by atoms with van der Waals surface area (Å²) < 4.78 is 7.68. The van der Waals surface area contributed by atoms with Crippen molar-refractivity contribution in [2.45, 2.75) is 19.9 Å². The quantitative estimate of drug-likeness (QED) is 0.699. The van der Waals surface area contributed by atoms with Gasteiger partial charge in [-0.25, -0.2) is 9.78 Å². The maximum atomic E-state index is 12.3. The van der Waals surface area contributed by atoms with Crippen LogP contribution in [-0.2, 0) is 0 Å². The number of carbonyl (C=O) groups is 1. The number of furan rings is 1. The normalized spacial score (nSPS) is 12.2. The summed E-state index contributed by atoms with van der Waals surface area (Å²) in [5.41, 5.74) is 1.72. The van der Waals surface area contributed by atoms with E-state index < -0.39 is 0 Å². The topological polar surface area (TPSA) is 75.3 Å². The van der Waals surface area contributed by atoms with Gasteiger partial charge in [0.2, 0.25) is 0 Å². The van der Waals surface area contributed by atoms with E-state index in [4.69, 9.17) is 4.42 Å². The van der Waals surface area contributed by atoms with Crippen LogP contribution in [0.15, 0.2) is 53.2 Å². The number of likely N-dealkylation sites (N-methyl/N-ethyl adjacent to an activating group) is 1.